The SMILES string of the molecule is C=C(c1cccc(C[B]OCN)c1)N1CCC(O)CC1. The summed E-state index contributed by atoms with van der Waals surface area (Å²) in [5.74, 6) is 0. The van der Waals surface area contributed by atoms with E-state index in [0.717, 1.165) is 43.5 Å². The molecule has 5 heteroatoms. The second-order valence-electron chi connectivity index (χ2n) is 5.07. The molecule has 1 aromatic carbocycles. The molecule has 1 saturated heterocycles. The standard InChI is InChI=1S/C15H22BN2O2/c1-12(18-7-5-15(19)6-8-18)14-4-2-3-13(9-14)10-16-20-11-17/h2-4,9,15,19H,1,5-8,10-11,17H2. The number of benzene rings is 1. The number of nitrogens with two attached hydrogens (primary N) is 1. The Balaban J connectivity index is 1.97. The van der Waals surface area contributed by atoms with E-state index in [9.17, 15) is 5.11 Å². The Morgan fingerprint density at radius 3 is 2.90 bits per heavy atom. The molecule has 0 unspecified atom stereocenters. The van der Waals surface area contributed by atoms with E-state index in [2.05, 4.69) is 29.7 Å². The summed E-state index contributed by atoms with van der Waals surface area (Å²) in [6.45, 7) is 6.14. The molecule has 0 atom stereocenters. The number of piperidine rings is 1. The van der Waals surface area contributed by atoms with Crippen molar-refractivity contribution >= 4 is 13.2 Å². The number of aliphatic hydroxyl groups excluding tert-OH is 1. The molecule has 0 amide bonds. The van der Waals surface area contributed by atoms with E-state index in [1.807, 2.05) is 6.07 Å². The second-order valence-corrected chi connectivity index (χ2v) is 5.07. The minimum atomic E-state index is -0.159. The Morgan fingerprint density at radius 2 is 2.20 bits per heavy atom. The van der Waals surface area contributed by atoms with Crippen LogP contribution in [0.3, 0.4) is 0 Å². The Morgan fingerprint density at radius 1 is 1.45 bits per heavy atom. The van der Waals surface area contributed by atoms with Crippen molar-refractivity contribution < 1.29 is 9.76 Å². The first kappa shape index (κ1) is 15.1. The maximum absolute atomic E-state index is 9.56. The predicted octanol–water partition coefficient (Wildman–Crippen LogP) is 1.17. The number of rotatable bonds is 6. The van der Waals surface area contributed by atoms with Gasteiger partial charge in [0.1, 0.15) is 0 Å². The summed E-state index contributed by atoms with van der Waals surface area (Å²) in [5, 5.41) is 9.56. The third-order valence-corrected chi connectivity index (χ3v) is 3.64. The average Bonchev–Trinajstić information content (AvgIpc) is 2.48. The van der Waals surface area contributed by atoms with Crippen molar-refractivity contribution in [2.45, 2.75) is 25.3 Å². The van der Waals surface area contributed by atoms with Gasteiger partial charge in [0.15, 0.2) is 0 Å². The van der Waals surface area contributed by atoms with Gasteiger partial charge >= 0.3 is 0 Å². The van der Waals surface area contributed by atoms with Crippen LogP contribution in [0.25, 0.3) is 5.70 Å². The van der Waals surface area contributed by atoms with Gasteiger partial charge in [-0.3, -0.25) is 0 Å². The predicted molar refractivity (Wildman–Crippen MR) is 81.9 cm³/mol. The zero-order valence-corrected chi connectivity index (χ0v) is 11.8. The Kier molecular flexibility index (Phi) is 5.65. The van der Waals surface area contributed by atoms with Gasteiger partial charge in [-0.1, -0.05) is 36.4 Å². The van der Waals surface area contributed by atoms with Gasteiger partial charge < -0.3 is 20.4 Å². The molecule has 3 N–H and O–H groups in total. The number of nitrogens with zero attached hydrogens (tertiary/aromatic N) is 1. The summed E-state index contributed by atoms with van der Waals surface area (Å²) < 4.78 is 5.06. The van der Waals surface area contributed by atoms with E-state index >= 15 is 0 Å². The lowest BCUT2D eigenvalue weighted by atomic mass is 9.88. The van der Waals surface area contributed by atoms with Crippen LogP contribution in [0, 0.1) is 0 Å². The second kappa shape index (κ2) is 7.48. The maximum Gasteiger partial charge on any atom is 0.298 e. The summed E-state index contributed by atoms with van der Waals surface area (Å²) in [5.41, 5.74) is 8.61. The van der Waals surface area contributed by atoms with E-state index in [1.54, 1.807) is 7.48 Å². The van der Waals surface area contributed by atoms with Gasteiger partial charge in [-0.25, -0.2) is 0 Å². The minimum Gasteiger partial charge on any atom is -0.428 e. The van der Waals surface area contributed by atoms with Crippen LogP contribution in [0.4, 0.5) is 0 Å². The van der Waals surface area contributed by atoms with Crippen LogP contribution in [0.15, 0.2) is 30.8 Å². The van der Waals surface area contributed by atoms with Crippen LogP contribution in [-0.4, -0.2) is 43.4 Å². The largest absolute Gasteiger partial charge is 0.428 e. The van der Waals surface area contributed by atoms with E-state index in [-0.39, 0.29) is 12.8 Å². The van der Waals surface area contributed by atoms with E-state index in [1.165, 1.54) is 5.56 Å². The molecule has 0 aliphatic carbocycles. The minimum absolute atomic E-state index is 0.159. The lowest BCUT2D eigenvalue weighted by Crippen LogP contribution is -2.34. The fraction of sp³-hybridized carbons (Fsp3) is 0.467. The van der Waals surface area contributed by atoms with Gasteiger partial charge in [-0.15, -0.1) is 0 Å². The Labute approximate surface area is 121 Å². The molecule has 1 aliphatic rings. The molecule has 1 fully saturated rings. The van der Waals surface area contributed by atoms with Gasteiger partial charge in [0.05, 0.1) is 12.8 Å². The van der Waals surface area contributed by atoms with Gasteiger partial charge in [-0.05, 0) is 24.7 Å². The molecule has 20 heavy (non-hydrogen) atoms. The van der Waals surface area contributed by atoms with Crippen molar-refractivity contribution in [3.63, 3.8) is 0 Å². The summed E-state index contributed by atoms with van der Waals surface area (Å²) in [4.78, 5) is 2.24. The number of hydrogen-bond acceptors (Lipinski definition) is 4. The maximum atomic E-state index is 9.56. The molecular formula is C15H22BN2O2. The van der Waals surface area contributed by atoms with Crippen molar-refractivity contribution in [3.05, 3.63) is 42.0 Å². The molecule has 0 bridgehead atoms. The highest BCUT2D eigenvalue weighted by atomic mass is 16.4. The molecule has 1 radical (unpaired) electrons. The van der Waals surface area contributed by atoms with Crippen molar-refractivity contribution in [2.75, 3.05) is 19.8 Å². The summed E-state index contributed by atoms with van der Waals surface area (Å²) >= 11 is 0. The van der Waals surface area contributed by atoms with Crippen LogP contribution in [0.1, 0.15) is 24.0 Å². The molecule has 107 valence electrons. The van der Waals surface area contributed by atoms with Crippen molar-refractivity contribution in [2.24, 2.45) is 5.73 Å². The first-order chi connectivity index (χ1) is 9.70. The third kappa shape index (κ3) is 4.10. The zero-order valence-electron chi connectivity index (χ0n) is 11.8. The number of aliphatic hydroxyl groups is 1. The molecule has 1 heterocycles. The first-order valence-corrected chi connectivity index (χ1v) is 7.05. The van der Waals surface area contributed by atoms with Crippen LogP contribution in [-0.2, 0) is 11.0 Å². The van der Waals surface area contributed by atoms with Crippen molar-refractivity contribution in [1.29, 1.82) is 0 Å². The third-order valence-electron chi connectivity index (χ3n) is 3.64. The van der Waals surface area contributed by atoms with Gasteiger partial charge in [0.25, 0.3) is 7.48 Å². The first-order valence-electron chi connectivity index (χ1n) is 7.05. The van der Waals surface area contributed by atoms with Gasteiger partial charge in [0.2, 0.25) is 0 Å². The van der Waals surface area contributed by atoms with Crippen molar-refractivity contribution in [1.82, 2.24) is 4.90 Å². The molecule has 1 aliphatic heterocycles. The molecule has 4 nitrogen and oxygen atoms in total. The summed E-state index contributed by atoms with van der Waals surface area (Å²) in [7, 11) is 1.72. The molecule has 0 aromatic heterocycles. The van der Waals surface area contributed by atoms with Crippen LogP contribution in [0.2, 0.25) is 0 Å². The fourth-order valence-corrected chi connectivity index (χ4v) is 2.42. The van der Waals surface area contributed by atoms with Crippen LogP contribution in [0.5, 0.6) is 0 Å². The molecule has 0 spiro atoms. The highest BCUT2D eigenvalue weighted by molar-refractivity contribution is 6.26. The molecule has 2 rings (SSSR count). The lowest BCUT2D eigenvalue weighted by molar-refractivity contribution is 0.106. The van der Waals surface area contributed by atoms with E-state index < -0.39 is 0 Å². The van der Waals surface area contributed by atoms with Crippen LogP contribution >= 0.6 is 0 Å². The summed E-state index contributed by atoms with van der Waals surface area (Å²) in [6, 6.07) is 8.29. The normalized spacial score (nSPS) is 16.2. The molecule has 1 aromatic rings. The highest BCUT2D eigenvalue weighted by Gasteiger charge is 2.18. The molecule has 0 saturated carbocycles. The quantitative estimate of drug-likeness (QED) is 0.464. The molecular weight excluding hydrogens is 251 g/mol. The Bertz CT molecular complexity index is 445. The van der Waals surface area contributed by atoms with E-state index in [4.69, 9.17) is 10.4 Å². The zero-order chi connectivity index (χ0) is 14.4. The van der Waals surface area contributed by atoms with E-state index in [0.29, 0.717) is 0 Å². The van der Waals surface area contributed by atoms with Gasteiger partial charge in [-0.2, -0.15) is 0 Å². The van der Waals surface area contributed by atoms with Crippen LogP contribution < -0.4 is 5.73 Å². The number of hydrogen-bond donors (Lipinski definition) is 2. The smallest absolute Gasteiger partial charge is 0.298 e. The number of likely N-dealkylation sites (tertiary alicyclic amines) is 1. The average molecular weight is 273 g/mol. The monoisotopic (exact) mass is 273 g/mol. The lowest BCUT2D eigenvalue weighted by Gasteiger charge is -2.33. The van der Waals surface area contributed by atoms with Gasteiger partial charge in [0, 0.05) is 18.8 Å². The fourth-order valence-electron chi connectivity index (χ4n) is 2.42. The Hall–Kier alpha value is -1.30. The topological polar surface area (TPSA) is 58.7 Å². The highest BCUT2D eigenvalue weighted by Crippen LogP contribution is 2.22. The van der Waals surface area contributed by atoms with Crippen molar-refractivity contribution in [3.8, 4) is 0 Å². The summed E-state index contributed by atoms with van der Waals surface area (Å²) in [6.07, 6.45) is 2.21.